The van der Waals surface area contributed by atoms with Crippen LogP contribution in [0.1, 0.15) is 34.8 Å². The molecule has 6 nitrogen and oxygen atoms in total. The highest BCUT2D eigenvalue weighted by molar-refractivity contribution is 5.96. The Morgan fingerprint density at radius 1 is 0.938 bits per heavy atom. The van der Waals surface area contributed by atoms with Crippen LogP contribution < -0.4 is 20.7 Å². The van der Waals surface area contributed by atoms with E-state index in [4.69, 9.17) is 4.74 Å². The van der Waals surface area contributed by atoms with E-state index in [1.807, 2.05) is 54.6 Å². The van der Waals surface area contributed by atoms with Crippen LogP contribution in [-0.4, -0.2) is 25.5 Å². The first-order valence-corrected chi connectivity index (χ1v) is 10.8. The predicted octanol–water partition coefficient (Wildman–Crippen LogP) is 4.63. The molecule has 1 saturated carbocycles. The zero-order valence-corrected chi connectivity index (χ0v) is 18.0. The highest BCUT2D eigenvalue weighted by Gasteiger charge is 2.29. The lowest BCUT2D eigenvalue weighted by molar-refractivity contribution is -0.117. The van der Waals surface area contributed by atoms with Crippen molar-refractivity contribution in [1.82, 2.24) is 5.32 Å². The van der Waals surface area contributed by atoms with Crippen molar-refractivity contribution in [1.29, 1.82) is 0 Å². The van der Waals surface area contributed by atoms with Gasteiger partial charge < -0.3 is 20.7 Å². The number of carbonyl (C=O) groups excluding carboxylic acids is 2. The predicted molar refractivity (Wildman–Crippen MR) is 126 cm³/mol. The second-order valence-electron chi connectivity index (χ2n) is 7.89. The van der Waals surface area contributed by atoms with Gasteiger partial charge in [0.15, 0.2) is 0 Å². The summed E-state index contributed by atoms with van der Waals surface area (Å²) in [5.74, 6) is 0.791. The van der Waals surface area contributed by atoms with E-state index in [0.29, 0.717) is 17.8 Å². The number of rotatable bonds is 9. The van der Waals surface area contributed by atoms with Gasteiger partial charge in [0.05, 0.1) is 13.2 Å². The minimum Gasteiger partial charge on any atom is -0.497 e. The Bertz CT molecular complexity index is 1060. The Balaban J connectivity index is 1.40. The van der Waals surface area contributed by atoms with Crippen molar-refractivity contribution in [2.24, 2.45) is 5.92 Å². The molecule has 0 heterocycles. The summed E-state index contributed by atoms with van der Waals surface area (Å²) in [6.07, 6.45) is 1.91. The molecule has 3 aromatic rings. The summed E-state index contributed by atoms with van der Waals surface area (Å²) in [6.45, 7) is 0.403. The van der Waals surface area contributed by atoms with Gasteiger partial charge >= 0.3 is 0 Å². The Hall–Kier alpha value is -3.80. The van der Waals surface area contributed by atoms with Crippen LogP contribution in [0.25, 0.3) is 0 Å². The number of methoxy groups -OCH3 is 1. The maximum atomic E-state index is 12.7. The fourth-order valence-corrected chi connectivity index (χ4v) is 3.44. The second kappa shape index (κ2) is 10.0. The van der Waals surface area contributed by atoms with Gasteiger partial charge in [-0.05, 0) is 54.8 Å². The molecule has 1 aliphatic rings. The van der Waals surface area contributed by atoms with E-state index in [9.17, 15) is 9.59 Å². The van der Waals surface area contributed by atoms with Gasteiger partial charge in [0, 0.05) is 35.5 Å². The molecule has 2 amide bonds. The smallest absolute Gasteiger partial charge is 0.251 e. The number of amides is 2. The molecular formula is C26H27N3O3. The molecule has 0 aliphatic heterocycles. The average molecular weight is 430 g/mol. The third-order valence-corrected chi connectivity index (χ3v) is 5.44. The lowest BCUT2D eigenvalue weighted by Gasteiger charge is -2.21. The Labute approximate surface area is 188 Å². The second-order valence-corrected chi connectivity index (χ2v) is 7.89. The lowest BCUT2D eigenvalue weighted by Crippen LogP contribution is -2.31. The molecule has 3 N–H and O–H groups in total. The third-order valence-electron chi connectivity index (χ3n) is 5.44. The fraction of sp³-hybridized carbons (Fsp3) is 0.231. The summed E-state index contributed by atoms with van der Waals surface area (Å²) in [5.41, 5.74) is 3.22. The first-order chi connectivity index (χ1) is 15.6. The summed E-state index contributed by atoms with van der Waals surface area (Å²) in [6, 6.07) is 24.5. The van der Waals surface area contributed by atoms with Gasteiger partial charge in [0.2, 0.25) is 5.91 Å². The lowest BCUT2D eigenvalue weighted by atomic mass is 10.1. The highest BCUT2D eigenvalue weighted by atomic mass is 16.5. The Kier molecular flexibility index (Phi) is 6.70. The van der Waals surface area contributed by atoms with E-state index in [1.165, 1.54) is 0 Å². The first kappa shape index (κ1) is 21.4. The summed E-state index contributed by atoms with van der Waals surface area (Å²) in [5, 5.41) is 9.38. The SMILES string of the molecule is COc1cccc(N[C@@H](CNC(=O)c2ccc(NC(=O)C3CC3)cc2)c2ccccc2)c1. The molecule has 0 unspecified atom stereocenters. The molecular weight excluding hydrogens is 402 g/mol. The normalized spacial score (nSPS) is 13.7. The standard InChI is InChI=1S/C26H27N3O3/c1-32-23-9-5-8-22(16-23)28-24(18-6-3-2-4-7-18)17-27-25(30)19-12-14-21(15-13-19)29-26(31)20-10-11-20/h2-9,12-16,20,24,28H,10-11,17H2,1H3,(H,27,30)(H,29,31)/t24-/m0/s1. The minimum atomic E-state index is -0.168. The summed E-state index contributed by atoms with van der Waals surface area (Å²) < 4.78 is 5.31. The molecule has 4 rings (SSSR count). The number of hydrogen-bond acceptors (Lipinski definition) is 4. The minimum absolute atomic E-state index is 0.0523. The number of hydrogen-bond donors (Lipinski definition) is 3. The summed E-state index contributed by atoms with van der Waals surface area (Å²) in [4.78, 5) is 24.6. The van der Waals surface area contributed by atoms with Crippen molar-refractivity contribution in [2.75, 3.05) is 24.3 Å². The molecule has 6 heteroatoms. The van der Waals surface area contributed by atoms with Gasteiger partial charge in [0.25, 0.3) is 5.91 Å². The van der Waals surface area contributed by atoms with Crippen molar-refractivity contribution >= 4 is 23.2 Å². The van der Waals surface area contributed by atoms with Gasteiger partial charge in [-0.1, -0.05) is 36.4 Å². The van der Waals surface area contributed by atoms with Crippen molar-refractivity contribution in [3.05, 3.63) is 90.0 Å². The summed E-state index contributed by atoms with van der Waals surface area (Å²) in [7, 11) is 1.64. The third kappa shape index (κ3) is 5.66. The van der Waals surface area contributed by atoms with Crippen LogP contribution in [0.15, 0.2) is 78.9 Å². The topological polar surface area (TPSA) is 79.5 Å². The van der Waals surface area contributed by atoms with Crippen molar-refractivity contribution in [3.8, 4) is 5.75 Å². The largest absolute Gasteiger partial charge is 0.497 e. The molecule has 0 bridgehead atoms. The molecule has 164 valence electrons. The highest BCUT2D eigenvalue weighted by Crippen LogP contribution is 2.30. The Morgan fingerprint density at radius 2 is 1.69 bits per heavy atom. The number of carbonyl (C=O) groups is 2. The van der Waals surface area contributed by atoms with E-state index in [-0.39, 0.29) is 23.8 Å². The zero-order valence-electron chi connectivity index (χ0n) is 18.0. The van der Waals surface area contributed by atoms with Crippen LogP contribution in [0, 0.1) is 5.92 Å². The molecule has 1 aliphatic carbocycles. The maximum absolute atomic E-state index is 12.7. The van der Waals surface area contributed by atoms with Crippen LogP contribution in [0.5, 0.6) is 5.75 Å². The van der Waals surface area contributed by atoms with Crippen LogP contribution in [0.4, 0.5) is 11.4 Å². The zero-order chi connectivity index (χ0) is 22.3. The van der Waals surface area contributed by atoms with Crippen molar-refractivity contribution in [2.45, 2.75) is 18.9 Å². The van der Waals surface area contributed by atoms with Crippen LogP contribution in [-0.2, 0) is 4.79 Å². The molecule has 1 atom stereocenters. The average Bonchev–Trinajstić information content (AvgIpc) is 3.68. The number of ether oxygens (including phenoxy) is 1. The molecule has 0 saturated heterocycles. The van der Waals surface area contributed by atoms with Gasteiger partial charge in [-0.3, -0.25) is 9.59 Å². The van der Waals surface area contributed by atoms with E-state index >= 15 is 0 Å². The molecule has 0 aromatic heterocycles. The van der Waals surface area contributed by atoms with Gasteiger partial charge in [-0.15, -0.1) is 0 Å². The molecule has 3 aromatic carbocycles. The van der Waals surface area contributed by atoms with Crippen molar-refractivity contribution in [3.63, 3.8) is 0 Å². The molecule has 0 spiro atoms. The van der Waals surface area contributed by atoms with Crippen LogP contribution >= 0.6 is 0 Å². The number of anilines is 2. The van der Waals surface area contributed by atoms with E-state index in [1.54, 1.807) is 31.4 Å². The van der Waals surface area contributed by atoms with E-state index < -0.39 is 0 Å². The van der Waals surface area contributed by atoms with Gasteiger partial charge in [-0.2, -0.15) is 0 Å². The summed E-state index contributed by atoms with van der Waals surface area (Å²) >= 11 is 0. The van der Waals surface area contributed by atoms with E-state index in [2.05, 4.69) is 16.0 Å². The van der Waals surface area contributed by atoms with Crippen molar-refractivity contribution < 1.29 is 14.3 Å². The monoisotopic (exact) mass is 429 g/mol. The molecule has 1 fully saturated rings. The molecule has 0 radical (unpaired) electrons. The Morgan fingerprint density at radius 3 is 2.38 bits per heavy atom. The van der Waals surface area contributed by atoms with Gasteiger partial charge in [0.1, 0.15) is 5.75 Å². The maximum Gasteiger partial charge on any atom is 0.251 e. The van der Waals surface area contributed by atoms with Crippen LogP contribution in [0.2, 0.25) is 0 Å². The van der Waals surface area contributed by atoms with E-state index in [0.717, 1.165) is 29.8 Å². The molecule has 32 heavy (non-hydrogen) atoms. The number of benzene rings is 3. The number of nitrogens with one attached hydrogen (secondary N) is 3. The van der Waals surface area contributed by atoms with Crippen LogP contribution in [0.3, 0.4) is 0 Å². The fourth-order valence-electron chi connectivity index (χ4n) is 3.44. The van der Waals surface area contributed by atoms with Gasteiger partial charge in [-0.25, -0.2) is 0 Å². The quantitative estimate of drug-likeness (QED) is 0.463. The first-order valence-electron chi connectivity index (χ1n) is 10.8.